The van der Waals surface area contributed by atoms with Crippen LogP contribution in [0.2, 0.25) is 0 Å². The summed E-state index contributed by atoms with van der Waals surface area (Å²) in [4.78, 5) is 0. The number of hydrogen-bond donors (Lipinski definition) is 2. The number of nitrogens with two attached hydrogens (primary N) is 1. The van der Waals surface area contributed by atoms with Gasteiger partial charge in [0.05, 0.1) is 0 Å². The maximum absolute atomic E-state index is 12.2. The second-order valence-corrected chi connectivity index (χ2v) is 2.00. The molecule has 1 atom stereocenters. The van der Waals surface area contributed by atoms with E-state index < -0.39 is 6.23 Å². The monoisotopic (exact) mass is 141 g/mol. The first-order valence-corrected chi connectivity index (χ1v) is 2.89. The van der Waals surface area contributed by atoms with E-state index in [1.54, 1.807) is 0 Å². The largest absolute Gasteiger partial charge is 0.375 e. The van der Waals surface area contributed by atoms with E-state index in [0.29, 0.717) is 5.56 Å². The Kier molecular flexibility index (Phi) is 1.99. The minimum atomic E-state index is -1.01. The SMILES string of the molecule is N[C@H](O)c1ccc(F)cc1. The van der Waals surface area contributed by atoms with E-state index in [9.17, 15) is 4.39 Å². The third-order valence-corrected chi connectivity index (χ3v) is 1.21. The number of rotatable bonds is 1. The van der Waals surface area contributed by atoms with Crippen molar-refractivity contribution in [1.29, 1.82) is 0 Å². The number of benzene rings is 1. The van der Waals surface area contributed by atoms with Crippen molar-refractivity contribution in [2.45, 2.75) is 6.23 Å². The van der Waals surface area contributed by atoms with Crippen molar-refractivity contribution in [2.75, 3.05) is 0 Å². The minimum Gasteiger partial charge on any atom is -0.375 e. The third kappa shape index (κ3) is 1.52. The van der Waals surface area contributed by atoms with Crippen molar-refractivity contribution in [3.63, 3.8) is 0 Å². The van der Waals surface area contributed by atoms with Gasteiger partial charge in [-0.1, -0.05) is 12.1 Å². The standard InChI is InChI=1S/C7H8FNO/c8-6-3-1-5(2-4-6)7(9)10/h1-4,7,10H,9H2/t7-/m1/s1. The fourth-order valence-electron chi connectivity index (χ4n) is 0.660. The number of hydrogen-bond acceptors (Lipinski definition) is 2. The highest BCUT2D eigenvalue weighted by Crippen LogP contribution is 2.07. The maximum atomic E-state index is 12.2. The topological polar surface area (TPSA) is 46.2 Å². The summed E-state index contributed by atoms with van der Waals surface area (Å²) in [6.45, 7) is 0. The summed E-state index contributed by atoms with van der Waals surface area (Å²) in [7, 11) is 0. The van der Waals surface area contributed by atoms with Crippen LogP contribution >= 0.6 is 0 Å². The third-order valence-electron chi connectivity index (χ3n) is 1.21. The molecule has 0 aliphatic heterocycles. The van der Waals surface area contributed by atoms with E-state index in [2.05, 4.69) is 0 Å². The molecule has 0 unspecified atom stereocenters. The molecule has 3 heteroatoms. The summed E-state index contributed by atoms with van der Waals surface area (Å²) in [5, 5.41) is 8.77. The molecule has 0 heterocycles. The molecule has 1 rings (SSSR count). The molecule has 10 heavy (non-hydrogen) atoms. The van der Waals surface area contributed by atoms with E-state index in [1.165, 1.54) is 24.3 Å². The van der Waals surface area contributed by atoms with E-state index in [1.807, 2.05) is 0 Å². The van der Waals surface area contributed by atoms with Gasteiger partial charge in [0.25, 0.3) is 0 Å². The average Bonchev–Trinajstić information content (AvgIpc) is 1.88. The minimum absolute atomic E-state index is 0.329. The van der Waals surface area contributed by atoms with Crippen molar-refractivity contribution in [3.8, 4) is 0 Å². The summed E-state index contributed by atoms with van der Waals surface area (Å²) in [6, 6.07) is 5.40. The molecule has 0 fully saturated rings. The molecule has 2 nitrogen and oxygen atoms in total. The number of halogens is 1. The Morgan fingerprint density at radius 1 is 1.30 bits per heavy atom. The van der Waals surface area contributed by atoms with Crippen LogP contribution in [0.4, 0.5) is 4.39 Å². The summed E-state index contributed by atoms with van der Waals surface area (Å²) < 4.78 is 12.2. The first-order valence-electron chi connectivity index (χ1n) is 2.89. The van der Waals surface area contributed by atoms with E-state index in [4.69, 9.17) is 10.8 Å². The van der Waals surface area contributed by atoms with Gasteiger partial charge in [0, 0.05) is 0 Å². The van der Waals surface area contributed by atoms with Gasteiger partial charge in [-0.3, -0.25) is 0 Å². The quantitative estimate of drug-likeness (QED) is 0.567. The fraction of sp³-hybridized carbons (Fsp3) is 0.143. The van der Waals surface area contributed by atoms with Crippen LogP contribution in [0.15, 0.2) is 24.3 Å². The Balaban J connectivity index is 2.89. The molecule has 0 spiro atoms. The molecule has 0 saturated heterocycles. The summed E-state index contributed by atoms with van der Waals surface area (Å²) in [5.41, 5.74) is 5.61. The normalized spacial score (nSPS) is 13.1. The molecule has 0 aromatic heterocycles. The van der Waals surface area contributed by atoms with Crippen molar-refractivity contribution in [3.05, 3.63) is 35.6 Å². The summed E-state index contributed by atoms with van der Waals surface area (Å²) in [5.74, 6) is -0.329. The molecule has 1 aromatic carbocycles. The number of aliphatic hydroxyl groups is 1. The molecule has 0 saturated carbocycles. The summed E-state index contributed by atoms with van der Waals surface area (Å²) >= 11 is 0. The van der Waals surface area contributed by atoms with Crippen LogP contribution in [-0.4, -0.2) is 5.11 Å². The zero-order valence-electron chi connectivity index (χ0n) is 5.29. The molecule has 54 valence electrons. The van der Waals surface area contributed by atoms with E-state index in [0.717, 1.165) is 0 Å². The van der Waals surface area contributed by atoms with Crippen molar-refractivity contribution >= 4 is 0 Å². The Morgan fingerprint density at radius 3 is 2.20 bits per heavy atom. The first-order chi connectivity index (χ1) is 4.70. The van der Waals surface area contributed by atoms with Gasteiger partial charge in [0.15, 0.2) is 0 Å². The molecule has 0 bridgehead atoms. The molecular formula is C7H8FNO. The highest BCUT2D eigenvalue weighted by Gasteiger charge is 1.98. The van der Waals surface area contributed by atoms with Crippen LogP contribution < -0.4 is 5.73 Å². The first kappa shape index (κ1) is 7.18. The van der Waals surface area contributed by atoms with Gasteiger partial charge < -0.3 is 10.8 Å². The average molecular weight is 141 g/mol. The van der Waals surface area contributed by atoms with E-state index >= 15 is 0 Å². The second kappa shape index (κ2) is 2.77. The molecular weight excluding hydrogens is 133 g/mol. The molecule has 0 aliphatic carbocycles. The predicted octanol–water partition coefficient (Wildman–Crippen LogP) is 0.775. The van der Waals surface area contributed by atoms with Gasteiger partial charge in [0.2, 0.25) is 0 Å². The van der Waals surface area contributed by atoms with Gasteiger partial charge in [-0.15, -0.1) is 0 Å². The van der Waals surface area contributed by atoms with Gasteiger partial charge in [0.1, 0.15) is 12.0 Å². The highest BCUT2D eigenvalue weighted by atomic mass is 19.1. The summed E-state index contributed by atoms with van der Waals surface area (Å²) in [6.07, 6.45) is -1.01. The molecule has 0 aliphatic rings. The Labute approximate surface area is 58.1 Å². The van der Waals surface area contributed by atoms with Gasteiger partial charge in [-0.25, -0.2) is 4.39 Å². The van der Waals surface area contributed by atoms with Crippen LogP contribution in [0.1, 0.15) is 11.8 Å². The zero-order valence-corrected chi connectivity index (χ0v) is 5.29. The number of aliphatic hydroxyl groups excluding tert-OH is 1. The molecule has 0 radical (unpaired) electrons. The lowest BCUT2D eigenvalue weighted by Gasteiger charge is -2.02. The second-order valence-electron chi connectivity index (χ2n) is 2.00. The smallest absolute Gasteiger partial charge is 0.128 e. The van der Waals surface area contributed by atoms with Crippen LogP contribution in [0, 0.1) is 5.82 Å². The van der Waals surface area contributed by atoms with Crippen LogP contribution in [0.3, 0.4) is 0 Å². The zero-order chi connectivity index (χ0) is 7.56. The van der Waals surface area contributed by atoms with Crippen LogP contribution in [-0.2, 0) is 0 Å². The fourth-order valence-corrected chi connectivity index (χ4v) is 0.660. The van der Waals surface area contributed by atoms with Crippen molar-refractivity contribution in [2.24, 2.45) is 5.73 Å². The molecule has 3 N–H and O–H groups in total. The van der Waals surface area contributed by atoms with Crippen LogP contribution in [0.5, 0.6) is 0 Å². The Morgan fingerprint density at radius 2 is 1.80 bits per heavy atom. The lowest BCUT2D eigenvalue weighted by molar-refractivity contribution is 0.186. The Bertz CT molecular complexity index is 207. The maximum Gasteiger partial charge on any atom is 0.128 e. The highest BCUT2D eigenvalue weighted by molar-refractivity contribution is 5.17. The lowest BCUT2D eigenvalue weighted by atomic mass is 10.2. The Hall–Kier alpha value is -0.930. The van der Waals surface area contributed by atoms with Gasteiger partial charge in [-0.2, -0.15) is 0 Å². The van der Waals surface area contributed by atoms with Crippen molar-refractivity contribution < 1.29 is 9.50 Å². The molecule has 1 aromatic rings. The molecule has 0 amide bonds. The van der Waals surface area contributed by atoms with Gasteiger partial charge in [-0.05, 0) is 17.7 Å². The van der Waals surface area contributed by atoms with Crippen molar-refractivity contribution in [1.82, 2.24) is 0 Å². The van der Waals surface area contributed by atoms with Crippen LogP contribution in [0.25, 0.3) is 0 Å². The lowest BCUT2D eigenvalue weighted by Crippen LogP contribution is -2.07. The predicted molar refractivity (Wildman–Crippen MR) is 35.5 cm³/mol. The van der Waals surface area contributed by atoms with Gasteiger partial charge >= 0.3 is 0 Å². The van der Waals surface area contributed by atoms with E-state index in [-0.39, 0.29) is 5.82 Å².